The predicted octanol–water partition coefficient (Wildman–Crippen LogP) is 1.38. The van der Waals surface area contributed by atoms with Gasteiger partial charge in [-0.3, -0.25) is 4.90 Å². The molecule has 19 heavy (non-hydrogen) atoms. The monoisotopic (exact) mass is 265 g/mol. The number of unbranched alkanes of at least 4 members (excludes halogenated alkanes) is 1. The molecule has 1 aromatic rings. The van der Waals surface area contributed by atoms with Crippen molar-refractivity contribution in [2.75, 3.05) is 19.7 Å². The van der Waals surface area contributed by atoms with Crippen LogP contribution in [0, 0.1) is 0 Å². The Balaban J connectivity index is 2.63. The molecule has 0 fully saturated rings. The average Bonchev–Trinajstić information content (AvgIpc) is 2.45. The van der Waals surface area contributed by atoms with Crippen LogP contribution in [-0.4, -0.2) is 40.7 Å². The minimum Gasteiger partial charge on any atom is -0.409 e. The van der Waals surface area contributed by atoms with Gasteiger partial charge in [0.15, 0.2) is 5.84 Å². The number of benzene rings is 1. The lowest BCUT2D eigenvalue weighted by Crippen LogP contribution is -2.27. The van der Waals surface area contributed by atoms with Gasteiger partial charge in [-0.25, -0.2) is 0 Å². The fourth-order valence-corrected chi connectivity index (χ4v) is 1.89. The van der Waals surface area contributed by atoms with Crippen LogP contribution in [0.2, 0.25) is 0 Å². The second kappa shape index (κ2) is 8.50. The first kappa shape index (κ1) is 15.5. The van der Waals surface area contributed by atoms with E-state index in [9.17, 15) is 0 Å². The molecule has 0 atom stereocenters. The van der Waals surface area contributed by atoms with E-state index in [0.717, 1.165) is 31.5 Å². The first-order chi connectivity index (χ1) is 9.21. The van der Waals surface area contributed by atoms with Crippen LogP contribution in [0.1, 0.15) is 30.9 Å². The third-order valence-corrected chi connectivity index (χ3v) is 3.01. The second-order valence-corrected chi connectivity index (χ2v) is 4.54. The fraction of sp³-hybridized carbons (Fsp3) is 0.500. The highest BCUT2D eigenvalue weighted by atomic mass is 16.4. The molecule has 5 nitrogen and oxygen atoms in total. The van der Waals surface area contributed by atoms with Crippen LogP contribution in [0.25, 0.3) is 0 Å². The van der Waals surface area contributed by atoms with E-state index in [1.165, 1.54) is 0 Å². The van der Waals surface area contributed by atoms with Crippen molar-refractivity contribution in [3.8, 4) is 0 Å². The number of aliphatic hydroxyl groups excluding tert-OH is 1. The molecule has 0 heterocycles. The number of nitrogens with two attached hydrogens (primary N) is 1. The van der Waals surface area contributed by atoms with Crippen molar-refractivity contribution < 1.29 is 10.3 Å². The topological polar surface area (TPSA) is 82.1 Å². The Morgan fingerprint density at radius 2 is 1.95 bits per heavy atom. The van der Waals surface area contributed by atoms with Gasteiger partial charge in [-0.05, 0) is 18.5 Å². The van der Waals surface area contributed by atoms with Gasteiger partial charge in [0.2, 0.25) is 0 Å². The van der Waals surface area contributed by atoms with Crippen molar-refractivity contribution in [2.24, 2.45) is 10.9 Å². The van der Waals surface area contributed by atoms with E-state index in [1.807, 2.05) is 24.3 Å². The zero-order valence-corrected chi connectivity index (χ0v) is 11.4. The van der Waals surface area contributed by atoms with Gasteiger partial charge >= 0.3 is 0 Å². The predicted molar refractivity (Wildman–Crippen MR) is 76.2 cm³/mol. The maximum absolute atomic E-state index is 9.06. The summed E-state index contributed by atoms with van der Waals surface area (Å²) in [4.78, 5) is 2.22. The Hall–Kier alpha value is -1.59. The summed E-state index contributed by atoms with van der Waals surface area (Å²) in [5.41, 5.74) is 7.37. The third kappa shape index (κ3) is 5.28. The Bertz CT molecular complexity index is 390. The molecule has 0 aromatic heterocycles. The van der Waals surface area contributed by atoms with E-state index >= 15 is 0 Å². The van der Waals surface area contributed by atoms with Gasteiger partial charge in [-0.2, -0.15) is 0 Å². The summed E-state index contributed by atoms with van der Waals surface area (Å²) in [5.74, 6) is 0.116. The molecule has 0 bridgehead atoms. The van der Waals surface area contributed by atoms with Gasteiger partial charge in [-0.1, -0.05) is 42.8 Å². The number of oxime groups is 1. The van der Waals surface area contributed by atoms with Gasteiger partial charge in [0, 0.05) is 18.7 Å². The molecule has 0 saturated heterocycles. The molecular formula is C14H23N3O2. The first-order valence-corrected chi connectivity index (χ1v) is 6.61. The van der Waals surface area contributed by atoms with Gasteiger partial charge in [0.1, 0.15) is 0 Å². The Labute approximate surface area is 114 Å². The standard InChI is InChI=1S/C14H23N3O2/c1-2-3-8-17(9-10-18)11-12-4-6-13(7-5-12)14(15)16-19/h4-7,18-19H,2-3,8-11H2,1H3,(H2,15,16). The summed E-state index contributed by atoms with van der Waals surface area (Å²) in [6, 6.07) is 7.59. The highest BCUT2D eigenvalue weighted by molar-refractivity contribution is 5.96. The van der Waals surface area contributed by atoms with Gasteiger partial charge < -0.3 is 16.0 Å². The van der Waals surface area contributed by atoms with Crippen molar-refractivity contribution >= 4 is 5.84 Å². The molecule has 0 aliphatic carbocycles. The molecule has 1 rings (SSSR count). The highest BCUT2D eigenvalue weighted by Crippen LogP contribution is 2.08. The molecule has 0 radical (unpaired) electrons. The second-order valence-electron chi connectivity index (χ2n) is 4.54. The Kier molecular flexibility index (Phi) is 6.92. The van der Waals surface area contributed by atoms with Crippen LogP contribution in [0.4, 0.5) is 0 Å². The van der Waals surface area contributed by atoms with Crippen LogP contribution in [-0.2, 0) is 6.54 Å². The molecule has 0 aliphatic rings. The number of rotatable bonds is 8. The van der Waals surface area contributed by atoms with E-state index in [1.54, 1.807) is 0 Å². The molecule has 0 aliphatic heterocycles. The molecule has 0 unspecified atom stereocenters. The highest BCUT2D eigenvalue weighted by Gasteiger charge is 2.05. The van der Waals surface area contributed by atoms with E-state index in [2.05, 4.69) is 17.0 Å². The van der Waals surface area contributed by atoms with Crippen molar-refractivity contribution in [1.82, 2.24) is 4.90 Å². The van der Waals surface area contributed by atoms with Crippen LogP contribution < -0.4 is 5.73 Å². The number of hydrogen-bond acceptors (Lipinski definition) is 4. The van der Waals surface area contributed by atoms with Crippen LogP contribution >= 0.6 is 0 Å². The number of hydrogen-bond donors (Lipinski definition) is 3. The summed E-state index contributed by atoms with van der Waals surface area (Å²) in [6.07, 6.45) is 2.27. The summed E-state index contributed by atoms with van der Waals surface area (Å²) in [7, 11) is 0. The van der Waals surface area contributed by atoms with E-state index < -0.39 is 0 Å². The SMILES string of the molecule is CCCCN(CCO)Cc1ccc(C(N)=NO)cc1. The van der Waals surface area contributed by atoms with E-state index in [4.69, 9.17) is 16.0 Å². The molecule has 5 heteroatoms. The van der Waals surface area contributed by atoms with Crippen LogP contribution in [0.15, 0.2) is 29.4 Å². The quantitative estimate of drug-likeness (QED) is 0.287. The van der Waals surface area contributed by atoms with Gasteiger partial charge in [0.05, 0.1) is 6.61 Å². The molecule has 1 aromatic carbocycles. The molecule has 106 valence electrons. The molecule has 4 N–H and O–H groups in total. The lowest BCUT2D eigenvalue weighted by molar-refractivity contribution is 0.188. The van der Waals surface area contributed by atoms with E-state index in [-0.39, 0.29) is 12.4 Å². The minimum absolute atomic E-state index is 0.116. The average molecular weight is 265 g/mol. The van der Waals surface area contributed by atoms with Crippen molar-refractivity contribution in [1.29, 1.82) is 0 Å². The van der Waals surface area contributed by atoms with Crippen molar-refractivity contribution in [3.05, 3.63) is 35.4 Å². The molecule has 0 saturated carbocycles. The number of amidine groups is 1. The minimum atomic E-state index is 0.116. The van der Waals surface area contributed by atoms with Crippen molar-refractivity contribution in [3.63, 3.8) is 0 Å². The van der Waals surface area contributed by atoms with Crippen LogP contribution in [0.3, 0.4) is 0 Å². The zero-order chi connectivity index (χ0) is 14.1. The summed E-state index contributed by atoms with van der Waals surface area (Å²) < 4.78 is 0. The smallest absolute Gasteiger partial charge is 0.170 e. The Morgan fingerprint density at radius 1 is 1.26 bits per heavy atom. The summed E-state index contributed by atoms with van der Waals surface area (Å²) >= 11 is 0. The lowest BCUT2D eigenvalue weighted by Gasteiger charge is -2.21. The normalized spacial score (nSPS) is 12.1. The number of aliphatic hydroxyl groups is 1. The molecular weight excluding hydrogens is 242 g/mol. The number of nitrogens with zero attached hydrogens (tertiary/aromatic N) is 2. The largest absolute Gasteiger partial charge is 0.409 e. The molecule has 0 spiro atoms. The fourth-order valence-electron chi connectivity index (χ4n) is 1.89. The van der Waals surface area contributed by atoms with Crippen molar-refractivity contribution in [2.45, 2.75) is 26.3 Å². The maximum atomic E-state index is 9.06. The summed E-state index contributed by atoms with van der Waals surface area (Å²) in [5, 5.41) is 20.6. The first-order valence-electron chi connectivity index (χ1n) is 6.61. The third-order valence-electron chi connectivity index (χ3n) is 3.01. The zero-order valence-electron chi connectivity index (χ0n) is 11.4. The maximum Gasteiger partial charge on any atom is 0.170 e. The lowest BCUT2D eigenvalue weighted by atomic mass is 10.1. The van der Waals surface area contributed by atoms with Gasteiger partial charge in [0.25, 0.3) is 0 Å². The summed E-state index contributed by atoms with van der Waals surface area (Å²) in [6.45, 7) is 4.80. The van der Waals surface area contributed by atoms with E-state index in [0.29, 0.717) is 12.1 Å². The van der Waals surface area contributed by atoms with Crippen LogP contribution in [0.5, 0.6) is 0 Å². The van der Waals surface area contributed by atoms with Gasteiger partial charge in [-0.15, -0.1) is 0 Å². The molecule has 0 amide bonds. The Morgan fingerprint density at radius 3 is 2.47 bits per heavy atom.